The molecule has 4 heteroatoms. The van der Waals surface area contributed by atoms with Gasteiger partial charge in [0.05, 0.1) is 11.0 Å². The average molecular weight is 529 g/mol. The molecule has 1 unspecified atom stereocenters. The van der Waals surface area contributed by atoms with E-state index >= 15 is 0 Å². The second kappa shape index (κ2) is 10.3. The van der Waals surface area contributed by atoms with Crippen LogP contribution < -0.4 is 10.6 Å². The highest BCUT2D eigenvalue weighted by Gasteiger charge is 2.23. The molecule has 0 aliphatic rings. The van der Waals surface area contributed by atoms with Crippen molar-refractivity contribution in [3.05, 3.63) is 157 Å². The van der Waals surface area contributed by atoms with Gasteiger partial charge in [-0.2, -0.15) is 0 Å². The minimum atomic E-state index is -0.547. The van der Waals surface area contributed by atoms with Crippen molar-refractivity contribution in [1.29, 1.82) is 5.41 Å². The number of rotatable bonds is 5. The molecule has 196 valence electrons. The van der Waals surface area contributed by atoms with E-state index in [4.69, 9.17) is 16.1 Å². The molecule has 0 saturated carbocycles. The zero-order valence-electron chi connectivity index (χ0n) is 22.4. The van der Waals surface area contributed by atoms with E-state index in [-0.39, 0.29) is 0 Å². The molecule has 3 N–H and O–H groups in total. The Morgan fingerprint density at radius 1 is 0.610 bits per heavy atom. The number of benzene rings is 6. The van der Waals surface area contributed by atoms with E-state index < -0.39 is 6.17 Å². The summed E-state index contributed by atoms with van der Waals surface area (Å²) < 4.78 is 0. The third-order valence-corrected chi connectivity index (χ3v) is 7.72. The number of hydrogen-bond acceptors (Lipinski definition) is 3. The van der Waals surface area contributed by atoms with Crippen molar-refractivity contribution in [2.45, 2.75) is 6.17 Å². The molecule has 6 aromatic carbocycles. The Kier molecular flexibility index (Phi) is 6.23. The van der Waals surface area contributed by atoms with E-state index in [2.05, 4.69) is 78.9 Å². The van der Waals surface area contributed by atoms with Gasteiger partial charge in [-0.15, -0.1) is 0 Å². The van der Waals surface area contributed by atoms with Gasteiger partial charge in [-0.25, -0.2) is 4.98 Å². The summed E-state index contributed by atoms with van der Waals surface area (Å²) in [5, 5.41) is 13.6. The van der Waals surface area contributed by atoms with Crippen LogP contribution in [0, 0.1) is 5.41 Å². The highest BCUT2D eigenvalue weighted by Crippen LogP contribution is 2.38. The van der Waals surface area contributed by atoms with Crippen LogP contribution in [0.15, 0.2) is 146 Å². The number of anilines is 1. The smallest absolute Gasteiger partial charge is 0.134 e. The Hall–Kier alpha value is -5.32. The maximum atomic E-state index is 9.07. The van der Waals surface area contributed by atoms with Crippen LogP contribution in [0.5, 0.6) is 0 Å². The van der Waals surface area contributed by atoms with Gasteiger partial charge in [-0.3, -0.25) is 5.41 Å². The largest absolute Gasteiger partial charge is 0.307 e. The van der Waals surface area contributed by atoms with Crippen molar-refractivity contribution in [2.24, 2.45) is 5.73 Å². The van der Waals surface area contributed by atoms with Gasteiger partial charge in [-0.05, 0) is 34.7 Å². The van der Waals surface area contributed by atoms with Crippen molar-refractivity contribution >= 4 is 44.1 Å². The minimum absolute atomic E-state index is 0.353. The third kappa shape index (κ3) is 4.41. The van der Waals surface area contributed by atoms with Crippen LogP contribution in [0.25, 0.3) is 43.7 Å². The van der Waals surface area contributed by atoms with Crippen molar-refractivity contribution in [3.8, 4) is 11.1 Å². The van der Waals surface area contributed by atoms with E-state index in [0.717, 1.165) is 55.1 Å². The van der Waals surface area contributed by atoms with Gasteiger partial charge in [0.2, 0.25) is 0 Å². The van der Waals surface area contributed by atoms with Crippen molar-refractivity contribution in [1.82, 2.24) is 4.98 Å². The summed E-state index contributed by atoms with van der Waals surface area (Å²) >= 11 is 0. The normalized spacial score (nSPS) is 12.0. The Bertz CT molecular complexity index is 2020. The monoisotopic (exact) mass is 528 g/mol. The van der Waals surface area contributed by atoms with Gasteiger partial charge in [0.1, 0.15) is 12.0 Å². The van der Waals surface area contributed by atoms with E-state index in [1.807, 2.05) is 71.6 Å². The predicted octanol–water partition coefficient (Wildman–Crippen LogP) is 8.70. The number of hydrogen-bond donors (Lipinski definition) is 2. The summed E-state index contributed by atoms with van der Waals surface area (Å²) in [5.74, 6) is 0.353. The van der Waals surface area contributed by atoms with Gasteiger partial charge >= 0.3 is 0 Å². The first kappa shape index (κ1) is 24.7. The lowest BCUT2D eigenvalue weighted by molar-refractivity contribution is 0.750. The molecule has 0 spiro atoms. The molecule has 1 aromatic heterocycles. The molecule has 0 amide bonds. The summed E-state index contributed by atoms with van der Waals surface area (Å²) in [6.45, 7) is 0. The molecule has 7 aromatic rings. The first-order valence-corrected chi connectivity index (χ1v) is 13.7. The van der Waals surface area contributed by atoms with Crippen LogP contribution in [-0.4, -0.2) is 10.8 Å². The summed E-state index contributed by atoms with van der Waals surface area (Å²) in [5.41, 5.74) is 13.8. The van der Waals surface area contributed by atoms with Crippen LogP contribution >= 0.6 is 0 Å². The van der Waals surface area contributed by atoms with Gasteiger partial charge in [-0.1, -0.05) is 127 Å². The van der Waals surface area contributed by atoms with Crippen LogP contribution in [0.2, 0.25) is 0 Å². The first-order valence-electron chi connectivity index (χ1n) is 13.7. The number of aromatic nitrogens is 1. The lowest BCUT2D eigenvalue weighted by Gasteiger charge is -2.32. The molecular weight excluding hydrogens is 500 g/mol. The number of nitrogens with zero attached hydrogens (tertiary/aromatic N) is 2. The molecule has 41 heavy (non-hydrogen) atoms. The Morgan fingerprint density at radius 3 is 2.00 bits per heavy atom. The molecule has 0 fully saturated rings. The standard InChI is InChI=1S/C37H28N4/c38-36(27-12-3-1-4-13-27)41(29-14-5-2-6-15-29)37(39)28-21-19-26(20-22-28)34-31-17-9-10-18-33(31)40-35-30-16-8-7-11-25(30)23-24-32(34)35/h1-24,37-38H,39H2. The Morgan fingerprint density at radius 2 is 1.24 bits per heavy atom. The molecule has 0 aliphatic heterocycles. The number of nitrogens with two attached hydrogens (primary N) is 1. The topological polar surface area (TPSA) is 66.0 Å². The molecular formula is C37H28N4. The SMILES string of the molecule is N=C(c1ccccc1)N(c1ccccc1)C(N)c1ccc(-c2c3ccccc3nc3c2ccc2ccccc23)cc1. The molecule has 7 rings (SSSR count). The summed E-state index contributed by atoms with van der Waals surface area (Å²) in [6.07, 6.45) is -0.547. The minimum Gasteiger partial charge on any atom is -0.307 e. The second-order valence-corrected chi connectivity index (χ2v) is 10.2. The fourth-order valence-electron chi connectivity index (χ4n) is 5.68. The first-order chi connectivity index (χ1) is 20.2. The highest BCUT2D eigenvalue weighted by molar-refractivity contribution is 6.17. The van der Waals surface area contributed by atoms with Gasteiger partial charge < -0.3 is 10.6 Å². The molecule has 0 radical (unpaired) electrons. The third-order valence-electron chi connectivity index (χ3n) is 7.72. The Balaban J connectivity index is 1.34. The van der Waals surface area contributed by atoms with Gasteiger partial charge in [0.25, 0.3) is 0 Å². The van der Waals surface area contributed by atoms with Crippen LogP contribution in [0.1, 0.15) is 17.3 Å². The van der Waals surface area contributed by atoms with E-state index in [1.54, 1.807) is 0 Å². The van der Waals surface area contributed by atoms with Crippen LogP contribution in [0.4, 0.5) is 5.69 Å². The molecule has 1 atom stereocenters. The van der Waals surface area contributed by atoms with Gasteiger partial charge in [0.15, 0.2) is 0 Å². The number of fused-ring (bicyclic) bond motifs is 4. The lowest BCUT2D eigenvalue weighted by Crippen LogP contribution is -2.39. The lowest BCUT2D eigenvalue weighted by atomic mass is 9.93. The highest BCUT2D eigenvalue weighted by atomic mass is 15.3. The van der Waals surface area contributed by atoms with Crippen LogP contribution in [-0.2, 0) is 0 Å². The van der Waals surface area contributed by atoms with Crippen molar-refractivity contribution < 1.29 is 0 Å². The number of para-hydroxylation sites is 2. The fraction of sp³-hybridized carbons (Fsp3) is 0.0270. The van der Waals surface area contributed by atoms with E-state index in [1.165, 1.54) is 5.39 Å². The zero-order chi connectivity index (χ0) is 27.8. The second-order valence-electron chi connectivity index (χ2n) is 10.2. The number of amidine groups is 1. The molecule has 1 heterocycles. The van der Waals surface area contributed by atoms with Gasteiger partial charge in [0, 0.05) is 33.0 Å². The maximum absolute atomic E-state index is 9.07. The zero-order valence-corrected chi connectivity index (χ0v) is 22.4. The van der Waals surface area contributed by atoms with E-state index in [9.17, 15) is 0 Å². The predicted molar refractivity (Wildman–Crippen MR) is 171 cm³/mol. The molecule has 0 bridgehead atoms. The maximum Gasteiger partial charge on any atom is 0.134 e. The Labute approximate surface area is 238 Å². The average Bonchev–Trinajstić information content (AvgIpc) is 3.04. The fourth-order valence-corrected chi connectivity index (χ4v) is 5.68. The van der Waals surface area contributed by atoms with Crippen LogP contribution in [0.3, 0.4) is 0 Å². The summed E-state index contributed by atoms with van der Waals surface area (Å²) in [4.78, 5) is 6.98. The molecule has 0 saturated heterocycles. The number of nitrogens with one attached hydrogen (secondary N) is 1. The summed E-state index contributed by atoms with van der Waals surface area (Å²) in [6, 6.07) is 49.2. The van der Waals surface area contributed by atoms with E-state index in [0.29, 0.717) is 5.84 Å². The molecule has 4 nitrogen and oxygen atoms in total. The molecule has 0 aliphatic carbocycles. The van der Waals surface area contributed by atoms with Crippen molar-refractivity contribution in [2.75, 3.05) is 4.90 Å². The van der Waals surface area contributed by atoms with Crippen molar-refractivity contribution in [3.63, 3.8) is 0 Å². The summed E-state index contributed by atoms with van der Waals surface area (Å²) in [7, 11) is 0. The quantitative estimate of drug-likeness (QED) is 0.0772. The number of pyridine rings is 1.